The molecule has 0 fully saturated rings. The summed E-state index contributed by atoms with van der Waals surface area (Å²) in [5, 5.41) is 0.535. The van der Waals surface area contributed by atoms with E-state index in [9.17, 15) is 4.79 Å². The first-order valence-electron chi connectivity index (χ1n) is 10.3. The number of fused-ring (bicyclic) bond motifs is 1. The van der Waals surface area contributed by atoms with E-state index in [1.807, 2.05) is 42.5 Å². The van der Waals surface area contributed by atoms with Crippen molar-refractivity contribution >= 4 is 11.6 Å². The zero-order valence-corrected chi connectivity index (χ0v) is 18.2. The summed E-state index contributed by atoms with van der Waals surface area (Å²) < 4.78 is 11.3. The van der Waals surface area contributed by atoms with E-state index in [1.165, 1.54) is 0 Å². The molecule has 32 heavy (non-hydrogen) atoms. The zero-order chi connectivity index (χ0) is 22.1. The number of aromatic nitrogens is 3. The molecule has 0 saturated carbocycles. The Morgan fingerprint density at radius 3 is 2.91 bits per heavy atom. The van der Waals surface area contributed by atoms with E-state index in [2.05, 4.69) is 19.9 Å². The van der Waals surface area contributed by atoms with Gasteiger partial charge in [-0.1, -0.05) is 11.6 Å². The van der Waals surface area contributed by atoms with Gasteiger partial charge in [0.05, 0.1) is 29.9 Å². The molecule has 1 N–H and O–H groups in total. The summed E-state index contributed by atoms with van der Waals surface area (Å²) in [5.41, 5.74) is 3.13. The van der Waals surface area contributed by atoms with Gasteiger partial charge in [-0.05, 0) is 42.5 Å². The van der Waals surface area contributed by atoms with Crippen LogP contribution in [0.1, 0.15) is 17.0 Å². The quantitative estimate of drug-likeness (QED) is 0.489. The van der Waals surface area contributed by atoms with E-state index in [4.69, 9.17) is 20.8 Å². The van der Waals surface area contributed by atoms with Crippen molar-refractivity contribution in [2.24, 2.45) is 0 Å². The van der Waals surface area contributed by atoms with Crippen molar-refractivity contribution in [1.82, 2.24) is 19.9 Å². The predicted molar refractivity (Wildman–Crippen MR) is 122 cm³/mol. The lowest BCUT2D eigenvalue weighted by Gasteiger charge is -2.26. The van der Waals surface area contributed by atoms with Crippen LogP contribution < -0.4 is 10.3 Å². The second-order valence-electron chi connectivity index (χ2n) is 7.66. The van der Waals surface area contributed by atoms with Crippen molar-refractivity contribution in [1.29, 1.82) is 0 Å². The average Bonchev–Trinajstić information content (AvgIpc) is 3.28. The molecule has 0 aliphatic carbocycles. The highest BCUT2D eigenvalue weighted by atomic mass is 35.5. The number of furan rings is 1. The van der Waals surface area contributed by atoms with Crippen LogP contribution in [0.4, 0.5) is 0 Å². The maximum Gasteiger partial charge on any atom is 0.255 e. The number of halogens is 1. The highest BCUT2D eigenvalue weighted by Gasteiger charge is 2.22. The van der Waals surface area contributed by atoms with Gasteiger partial charge in [-0.15, -0.1) is 0 Å². The Morgan fingerprint density at radius 1 is 1.22 bits per heavy atom. The van der Waals surface area contributed by atoms with Gasteiger partial charge >= 0.3 is 0 Å². The van der Waals surface area contributed by atoms with Crippen LogP contribution in [0.3, 0.4) is 0 Å². The third-order valence-corrected chi connectivity index (χ3v) is 5.86. The molecule has 4 aromatic rings. The minimum Gasteiger partial charge on any atom is -0.495 e. The summed E-state index contributed by atoms with van der Waals surface area (Å²) in [6.45, 7) is 1.92. The summed E-state index contributed by atoms with van der Waals surface area (Å²) in [6.07, 6.45) is 4.10. The standard InChI is InChI=1S/C24H21ClN4O3/c1-31-22-6-4-15(11-19(22)25)21-7-5-17(32-21)13-29-10-8-20-18(14-29)24(30)28-23(27-20)16-3-2-9-26-12-16/h2-7,9,11-12H,8,10,13-14H2,1H3,(H,27,28,30). The third-order valence-electron chi connectivity index (χ3n) is 5.56. The maximum absolute atomic E-state index is 12.7. The molecule has 162 valence electrons. The third kappa shape index (κ3) is 4.04. The van der Waals surface area contributed by atoms with E-state index < -0.39 is 0 Å². The Labute approximate surface area is 189 Å². The molecule has 0 atom stereocenters. The number of methoxy groups -OCH3 is 1. The maximum atomic E-state index is 12.7. The zero-order valence-electron chi connectivity index (χ0n) is 17.5. The molecule has 1 aliphatic rings. The van der Waals surface area contributed by atoms with Crippen LogP contribution in [0, 0.1) is 0 Å². The fourth-order valence-corrected chi connectivity index (χ4v) is 4.17. The van der Waals surface area contributed by atoms with Gasteiger partial charge in [0.1, 0.15) is 23.1 Å². The van der Waals surface area contributed by atoms with Crippen LogP contribution in [0.2, 0.25) is 5.02 Å². The number of nitrogens with one attached hydrogen (secondary N) is 1. The summed E-state index contributed by atoms with van der Waals surface area (Å²) in [7, 11) is 1.59. The van der Waals surface area contributed by atoms with E-state index in [0.29, 0.717) is 41.7 Å². The first kappa shape index (κ1) is 20.5. The van der Waals surface area contributed by atoms with Crippen LogP contribution in [0.15, 0.2) is 64.1 Å². The Morgan fingerprint density at radius 2 is 2.12 bits per heavy atom. The van der Waals surface area contributed by atoms with E-state index >= 15 is 0 Å². The van der Waals surface area contributed by atoms with Gasteiger partial charge in [-0.25, -0.2) is 4.98 Å². The number of rotatable bonds is 5. The molecule has 0 radical (unpaired) electrons. The molecule has 0 bridgehead atoms. The molecule has 1 aromatic carbocycles. The normalized spacial score (nSPS) is 13.7. The van der Waals surface area contributed by atoms with E-state index in [1.54, 1.807) is 19.5 Å². The Kier molecular flexibility index (Phi) is 5.51. The van der Waals surface area contributed by atoms with Gasteiger partial charge in [0.2, 0.25) is 0 Å². The monoisotopic (exact) mass is 448 g/mol. The average molecular weight is 449 g/mol. The molecule has 0 amide bonds. The first-order chi connectivity index (χ1) is 15.6. The first-order valence-corrected chi connectivity index (χ1v) is 10.7. The van der Waals surface area contributed by atoms with Gasteiger partial charge < -0.3 is 14.1 Å². The number of pyridine rings is 1. The van der Waals surface area contributed by atoms with Crippen molar-refractivity contribution in [3.05, 3.63) is 87.3 Å². The number of hydrogen-bond donors (Lipinski definition) is 1. The number of hydrogen-bond acceptors (Lipinski definition) is 6. The predicted octanol–water partition coefficient (Wildman–Crippen LogP) is 4.31. The number of nitrogens with zero attached hydrogens (tertiary/aromatic N) is 3. The number of ether oxygens (including phenoxy) is 1. The lowest BCUT2D eigenvalue weighted by atomic mass is 10.1. The molecule has 7 nitrogen and oxygen atoms in total. The number of H-pyrrole nitrogens is 1. The summed E-state index contributed by atoms with van der Waals surface area (Å²) >= 11 is 6.24. The lowest BCUT2D eigenvalue weighted by Crippen LogP contribution is -2.35. The van der Waals surface area contributed by atoms with Gasteiger partial charge in [0.25, 0.3) is 5.56 Å². The Hall–Kier alpha value is -3.42. The van der Waals surface area contributed by atoms with Crippen molar-refractivity contribution in [3.63, 3.8) is 0 Å². The number of aromatic amines is 1. The molecule has 8 heteroatoms. The Bertz CT molecular complexity index is 1320. The minimum atomic E-state index is -0.105. The highest BCUT2D eigenvalue weighted by Crippen LogP contribution is 2.31. The van der Waals surface area contributed by atoms with Gasteiger partial charge in [-0.3, -0.25) is 14.7 Å². The van der Waals surface area contributed by atoms with E-state index in [0.717, 1.165) is 34.9 Å². The Balaban J connectivity index is 1.32. The SMILES string of the molecule is COc1ccc(-c2ccc(CN3CCc4nc(-c5cccnc5)[nH]c(=O)c4C3)o2)cc1Cl. The number of benzene rings is 1. The van der Waals surface area contributed by atoms with Crippen LogP contribution in [0.25, 0.3) is 22.7 Å². The molecule has 1 aliphatic heterocycles. The van der Waals surface area contributed by atoms with Crippen molar-refractivity contribution in [2.45, 2.75) is 19.5 Å². The second kappa shape index (κ2) is 8.61. The molecule has 0 unspecified atom stereocenters. The molecule has 0 spiro atoms. The van der Waals surface area contributed by atoms with Crippen LogP contribution in [-0.4, -0.2) is 33.5 Å². The molecule has 0 saturated heterocycles. The molecule has 4 heterocycles. The van der Waals surface area contributed by atoms with Crippen LogP contribution in [0.5, 0.6) is 5.75 Å². The second-order valence-corrected chi connectivity index (χ2v) is 8.06. The highest BCUT2D eigenvalue weighted by molar-refractivity contribution is 6.32. The summed E-state index contributed by atoms with van der Waals surface area (Å²) in [5.74, 6) is 2.75. The molecular weight excluding hydrogens is 428 g/mol. The molecule has 3 aromatic heterocycles. The van der Waals surface area contributed by atoms with Crippen molar-refractivity contribution in [2.75, 3.05) is 13.7 Å². The van der Waals surface area contributed by atoms with Crippen LogP contribution in [-0.2, 0) is 19.5 Å². The van der Waals surface area contributed by atoms with Gasteiger partial charge in [-0.2, -0.15) is 0 Å². The van der Waals surface area contributed by atoms with Crippen molar-refractivity contribution in [3.8, 4) is 28.5 Å². The smallest absolute Gasteiger partial charge is 0.255 e. The lowest BCUT2D eigenvalue weighted by molar-refractivity contribution is 0.223. The van der Waals surface area contributed by atoms with Gasteiger partial charge in [0, 0.05) is 43.0 Å². The fourth-order valence-electron chi connectivity index (χ4n) is 3.91. The molecule has 5 rings (SSSR count). The van der Waals surface area contributed by atoms with Gasteiger partial charge in [0.15, 0.2) is 0 Å². The van der Waals surface area contributed by atoms with Crippen LogP contribution >= 0.6 is 11.6 Å². The summed E-state index contributed by atoms with van der Waals surface area (Å²) in [4.78, 5) is 26.6. The largest absolute Gasteiger partial charge is 0.495 e. The van der Waals surface area contributed by atoms with Crippen molar-refractivity contribution < 1.29 is 9.15 Å². The fraction of sp³-hybridized carbons (Fsp3) is 0.208. The minimum absolute atomic E-state index is 0.105. The molecular formula is C24H21ClN4O3. The van der Waals surface area contributed by atoms with E-state index in [-0.39, 0.29) is 5.56 Å². The topological polar surface area (TPSA) is 84.2 Å². The summed E-state index contributed by atoms with van der Waals surface area (Å²) in [6, 6.07) is 13.2.